The highest BCUT2D eigenvalue weighted by atomic mass is 19.1. The van der Waals surface area contributed by atoms with Crippen LogP contribution in [0.1, 0.15) is 25.7 Å². The second-order valence-corrected chi connectivity index (χ2v) is 7.08. The van der Waals surface area contributed by atoms with E-state index in [-0.39, 0.29) is 30.4 Å². The van der Waals surface area contributed by atoms with E-state index >= 15 is 0 Å². The molecule has 0 bridgehead atoms. The van der Waals surface area contributed by atoms with E-state index in [0.29, 0.717) is 23.5 Å². The molecule has 1 aliphatic rings. The number of carbonyl (C=O) groups is 1. The van der Waals surface area contributed by atoms with Gasteiger partial charge in [-0.3, -0.25) is 4.79 Å². The first-order valence-electron chi connectivity index (χ1n) is 9.49. The van der Waals surface area contributed by atoms with Crippen LogP contribution in [0.5, 0.6) is 0 Å². The average Bonchev–Trinajstić information content (AvgIpc) is 3.14. The third kappa shape index (κ3) is 4.32. The number of anilines is 1. The molecule has 0 radical (unpaired) electrons. The fourth-order valence-corrected chi connectivity index (χ4v) is 3.69. The fraction of sp³-hybridized carbons (Fsp3) is 0.421. The Kier molecular flexibility index (Phi) is 5.61. The zero-order valence-electron chi connectivity index (χ0n) is 16.0. The Morgan fingerprint density at radius 2 is 2.17 bits per heavy atom. The zero-order chi connectivity index (χ0) is 20.2. The summed E-state index contributed by atoms with van der Waals surface area (Å²) >= 11 is 0. The minimum atomic E-state index is -0.518. The minimum absolute atomic E-state index is 0.000136. The monoisotopic (exact) mass is 399 g/mol. The van der Waals surface area contributed by atoms with E-state index in [1.165, 1.54) is 13.4 Å². The topological polar surface area (TPSA) is 118 Å². The number of halogens is 1. The molecule has 1 amide bonds. The smallest absolute Gasteiger partial charge is 0.246 e. The third-order valence-corrected chi connectivity index (χ3v) is 5.00. The van der Waals surface area contributed by atoms with Crippen LogP contribution in [0.3, 0.4) is 0 Å². The van der Waals surface area contributed by atoms with Crippen molar-refractivity contribution in [2.75, 3.05) is 19.0 Å². The molecule has 0 saturated heterocycles. The van der Waals surface area contributed by atoms with Crippen LogP contribution >= 0.6 is 0 Å². The van der Waals surface area contributed by atoms with Crippen LogP contribution in [0, 0.1) is 5.82 Å². The second kappa shape index (κ2) is 8.48. The Labute approximate surface area is 166 Å². The molecule has 1 saturated carbocycles. The van der Waals surface area contributed by atoms with Crippen molar-refractivity contribution < 1.29 is 13.9 Å². The number of aromatic nitrogens is 5. The van der Waals surface area contributed by atoms with Crippen molar-refractivity contribution in [1.29, 1.82) is 0 Å². The van der Waals surface area contributed by atoms with E-state index in [1.807, 2.05) is 0 Å². The first-order chi connectivity index (χ1) is 14.1. The number of nitrogens with zero attached hydrogens (tertiary/aromatic N) is 4. The molecule has 0 aromatic carbocycles. The Morgan fingerprint density at radius 3 is 3.03 bits per heavy atom. The zero-order valence-corrected chi connectivity index (χ0v) is 16.0. The molecule has 0 spiro atoms. The lowest BCUT2D eigenvalue weighted by molar-refractivity contribution is -0.125. The van der Waals surface area contributed by atoms with Gasteiger partial charge in [-0.2, -0.15) is 0 Å². The van der Waals surface area contributed by atoms with E-state index in [0.717, 1.165) is 30.8 Å². The van der Waals surface area contributed by atoms with Crippen molar-refractivity contribution in [2.45, 2.75) is 37.8 Å². The number of nitrogens with one attached hydrogen (secondary N) is 3. The van der Waals surface area contributed by atoms with E-state index in [9.17, 15) is 9.18 Å². The predicted molar refractivity (Wildman–Crippen MR) is 105 cm³/mol. The van der Waals surface area contributed by atoms with E-state index < -0.39 is 5.82 Å². The van der Waals surface area contributed by atoms with Gasteiger partial charge in [0.15, 0.2) is 17.5 Å². The molecule has 1 aliphatic carbocycles. The molecule has 9 nitrogen and oxygen atoms in total. The van der Waals surface area contributed by atoms with Gasteiger partial charge in [-0.1, -0.05) is 0 Å². The number of aromatic amines is 1. The summed E-state index contributed by atoms with van der Waals surface area (Å²) in [5.41, 5.74) is 1.37. The normalized spacial score (nSPS) is 19.2. The molecule has 4 rings (SSSR count). The van der Waals surface area contributed by atoms with Gasteiger partial charge in [-0.15, -0.1) is 0 Å². The summed E-state index contributed by atoms with van der Waals surface area (Å²) in [6.45, 7) is 0.0346. The van der Waals surface area contributed by atoms with Crippen molar-refractivity contribution in [1.82, 2.24) is 30.2 Å². The number of carbonyl (C=O) groups excluding carboxylic acids is 1. The van der Waals surface area contributed by atoms with Crippen LogP contribution in [0.2, 0.25) is 0 Å². The number of hydrogen-bond donors (Lipinski definition) is 3. The Balaban J connectivity index is 1.50. The molecular formula is C19H22FN7O2. The van der Waals surface area contributed by atoms with Gasteiger partial charge in [0.1, 0.15) is 18.6 Å². The molecule has 3 N–H and O–H groups in total. The van der Waals surface area contributed by atoms with Crippen LogP contribution < -0.4 is 10.6 Å². The average molecular weight is 399 g/mol. The molecule has 0 aliphatic heterocycles. The predicted octanol–water partition coefficient (Wildman–Crippen LogP) is 2.04. The Hall–Kier alpha value is -3.14. The summed E-state index contributed by atoms with van der Waals surface area (Å²) in [6, 6.07) is 0.0270. The van der Waals surface area contributed by atoms with Crippen LogP contribution in [-0.4, -0.2) is 56.6 Å². The lowest BCUT2D eigenvalue weighted by Gasteiger charge is -2.30. The quantitative estimate of drug-likeness (QED) is 0.580. The van der Waals surface area contributed by atoms with Crippen molar-refractivity contribution in [2.24, 2.45) is 0 Å². The SMILES string of the molecule is COCC(=O)N[C@H]1CCC[C@@H](Nc2nc(-c3c[nH]c4ncncc34)ncc2F)C1. The fourth-order valence-electron chi connectivity index (χ4n) is 3.69. The molecule has 1 fully saturated rings. The highest BCUT2D eigenvalue weighted by molar-refractivity contribution is 5.90. The van der Waals surface area contributed by atoms with Crippen LogP contribution in [0.25, 0.3) is 22.4 Å². The highest BCUT2D eigenvalue weighted by Gasteiger charge is 2.24. The van der Waals surface area contributed by atoms with Crippen molar-refractivity contribution in [3.8, 4) is 11.4 Å². The molecule has 3 aromatic heterocycles. The third-order valence-electron chi connectivity index (χ3n) is 5.00. The van der Waals surface area contributed by atoms with Gasteiger partial charge in [0.05, 0.1) is 6.20 Å². The van der Waals surface area contributed by atoms with Crippen molar-refractivity contribution in [3.63, 3.8) is 0 Å². The molecule has 152 valence electrons. The van der Waals surface area contributed by atoms with Crippen molar-refractivity contribution >= 4 is 22.8 Å². The number of H-pyrrole nitrogens is 1. The number of hydrogen-bond acceptors (Lipinski definition) is 7. The maximum atomic E-state index is 14.4. The summed E-state index contributed by atoms with van der Waals surface area (Å²) in [5.74, 6) is -0.128. The number of ether oxygens (including phenoxy) is 1. The lowest BCUT2D eigenvalue weighted by Crippen LogP contribution is -2.43. The number of rotatable bonds is 6. The van der Waals surface area contributed by atoms with E-state index in [2.05, 4.69) is 35.6 Å². The number of fused-ring (bicyclic) bond motifs is 1. The molecule has 10 heteroatoms. The maximum Gasteiger partial charge on any atom is 0.246 e. The summed E-state index contributed by atoms with van der Waals surface area (Å²) in [5, 5.41) is 6.91. The Bertz CT molecular complexity index is 1010. The first-order valence-corrected chi connectivity index (χ1v) is 9.49. The molecule has 0 unspecified atom stereocenters. The molecule has 2 atom stereocenters. The van der Waals surface area contributed by atoms with Crippen LogP contribution in [0.4, 0.5) is 10.2 Å². The summed E-state index contributed by atoms with van der Waals surface area (Å²) < 4.78 is 19.2. The number of amides is 1. The summed E-state index contributed by atoms with van der Waals surface area (Å²) in [6.07, 6.45) is 9.39. The molecule has 3 aromatic rings. The maximum absolute atomic E-state index is 14.4. The van der Waals surface area contributed by atoms with Crippen LogP contribution in [-0.2, 0) is 9.53 Å². The van der Waals surface area contributed by atoms with E-state index in [4.69, 9.17) is 4.74 Å². The van der Waals surface area contributed by atoms with E-state index in [1.54, 1.807) is 12.4 Å². The highest BCUT2D eigenvalue weighted by Crippen LogP contribution is 2.27. The van der Waals surface area contributed by atoms with Gasteiger partial charge in [-0.25, -0.2) is 24.3 Å². The molecule has 29 heavy (non-hydrogen) atoms. The minimum Gasteiger partial charge on any atom is -0.375 e. The van der Waals surface area contributed by atoms with Gasteiger partial charge >= 0.3 is 0 Å². The van der Waals surface area contributed by atoms with Gasteiger partial charge in [0.2, 0.25) is 5.91 Å². The van der Waals surface area contributed by atoms with Gasteiger partial charge in [0.25, 0.3) is 0 Å². The largest absolute Gasteiger partial charge is 0.375 e. The van der Waals surface area contributed by atoms with Crippen LogP contribution in [0.15, 0.2) is 24.9 Å². The standard InChI is InChI=1S/C19H22FN7O2/c1-29-9-16(28)25-11-3-2-4-12(5-11)26-19-15(20)8-23-18(27-19)14-7-22-17-13(14)6-21-10-24-17/h6-8,10-12H,2-5,9H2,1H3,(H,25,28)(H,21,22,24)(H,23,26,27)/t11-,12+/m0/s1. The second-order valence-electron chi connectivity index (χ2n) is 7.08. The van der Waals surface area contributed by atoms with Gasteiger partial charge in [-0.05, 0) is 25.7 Å². The molecule has 3 heterocycles. The number of methoxy groups -OCH3 is 1. The summed E-state index contributed by atoms with van der Waals surface area (Å²) in [4.78, 5) is 31.5. The van der Waals surface area contributed by atoms with Gasteiger partial charge in [0, 0.05) is 42.5 Å². The lowest BCUT2D eigenvalue weighted by atomic mass is 9.91. The summed E-state index contributed by atoms with van der Waals surface area (Å²) in [7, 11) is 1.49. The first kappa shape index (κ1) is 19.2. The Morgan fingerprint density at radius 1 is 1.31 bits per heavy atom. The van der Waals surface area contributed by atoms with Crippen molar-refractivity contribution in [3.05, 3.63) is 30.7 Å². The van der Waals surface area contributed by atoms with Gasteiger partial charge < -0.3 is 20.4 Å². The molecular weight excluding hydrogens is 377 g/mol.